The number of fused-ring (bicyclic) bond motifs is 1. The third kappa shape index (κ3) is 1.68. The lowest BCUT2D eigenvalue weighted by Crippen LogP contribution is -2.56. The Hall–Kier alpha value is -1.26. The van der Waals surface area contributed by atoms with Crippen LogP contribution in [0.2, 0.25) is 0 Å². The topological polar surface area (TPSA) is 87.7 Å². The Morgan fingerprint density at radius 3 is 2.39 bits per heavy atom. The number of nitrogens with one attached hydrogen (secondary N) is 1. The van der Waals surface area contributed by atoms with Crippen molar-refractivity contribution in [1.82, 2.24) is 5.32 Å². The van der Waals surface area contributed by atoms with Gasteiger partial charge >= 0.3 is 0 Å². The van der Waals surface area contributed by atoms with E-state index >= 15 is 0 Å². The molecular weight excluding hydrogens is 230 g/mol. The summed E-state index contributed by atoms with van der Waals surface area (Å²) in [5.41, 5.74) is 5.20. The molecule has 4 N–H and O–H groups in total. The molecule has 0 aromatic carbocycles. The van der Waals surface area contributed by atoms with Gasteiger partial charge in [0.25, 0.3) is 0 Å². The Morgan fingerprint density at radius 1 is 1.22 bits per heavy atom. The molecule has 3 aliphatic rings. The fourth-order valence-corrected chi connectivity index (χ4v) is 4.05. The molecule has 3 aliphatic carbocycles. The molecule has 2 unspecified atom stereocenters. The summed E-state index contributed by atoms with van der Waals surface area (Å²) in [6.07, 6.45) is 7.28. The molecule has 3 fully saturated rings. The van der Waals surface area contributed by atoms with E-state index in [9.17, 15) is 4.79 Å². The smallest absolute Gasteiger partial charge is 0.224 e. The molecule has 100 valence electrons. The Balaban J connectivity index is 1.68. The number of hydrogen-bond acceptors (Lipinski definition) is 3. The average Bonchev–Trinajstić information content (AvgIpc) is 2.76. The van der Waals surface area contributed by atoms with Crippen LogP contribution in [0.3, 0.4) is 0 Å². The van der Waals surface area contributed by atoms with Crippen molar-refractivity contribution in [2.24, 2.45) is 28.6 Å². The number of amidine groups is 1. The van der Waals surface area contributed by atoms with E-state index in [1.807, 2.05) is 0 Å². The molecule has 1 amide bonds. The van der Waals surface area contributed by atoms with E-state index in [4.69, 9.17) is 10.9 Å². The second kappa shape index (κ2) is 4.14. The van der Waals surface area contributed by atoms with E-state index in [1.165, 1.54) is 19.3 Å². The molecule has 0 spiro atoms. The molecule has 18 heavy (non-hydrogen) atoms. The summed E-state index contributed by atoms with van der Waals surface area (Å²) in [5.74, 6) is 1.70. The highest BCUT2D eigenvalue weighted by atomic mass is 16.4. The second-order valence-electron chi connectivity index (χ2n) is 6.05. The minimum absolute atomic E-state index is 0.123. The van der Waals surface area contributed by atoms with Gasteiger partial charge in [-0.3, -0.25) is 4.79 Å². The first-order chi connectivity index (χ1) is 8.68. The van der Waals surface area contributed by atoms with Gasteiger partial charge in [-0.15, -0.1) is 0 Å². The fraction of sp³-hybridized carbons (Fsp3) is 0.846. The third-order valence-electron chi connectivity index (χ3n) is 5.13. The van der Waals surface area contributed by atoms with E-state index < -0.39 is 5.54 Å². The number of rotatable bonds is 3. The second-order valence-corrected chi connectivity index (χ2v) is 6.05. The first kappa shape index (κ1) is 11.8. The molecule has 3 saturated carbocycles. The molecule has 5 nitrogen and oxygen atoms in total. The molecule has 0 aromatic heterocycles. The monoisotopic (exact) mass is 251 g/mol. The fourth-order valence-electron chi connectivity index (χ4n) is 4.05. The third-order valence-corrected chi connectivity index (χ3v) is 5.13. The van der Waals surface area contributed by atoms with Gasteiger partial charge in [-0.25, -0.2) is 0 Å². The van der Waals surface area contributed by atoms with Crippen molar-refractivity contribution in [3.8, 4) is 0 Å². The Bertz CT molecular complexity index is 378. The van der Waals surface area contributed by atoms with Gasteiger partial charge in [0.15, 0.2) is 5.84 Å². The molecule has 0 aromatic rings. The minimum Gasteiger partial charge on any atom is -0.409 e. The van der Waals surface area contributed by atoms with E-state index in [2.05, 4.69) is 10.5 Å². The summed E-state index contributed by atoms with van der Waals surface area (Å²) < 4.78 is 0. The molecule has 2 atom stereocenters. The van der Waals surface area contributed by atoms with E-state index in [0.717, 1.165) is 25.7 Å². The lowest BCUT2D eigenvalue weighted by Gasteiger charge is -2.29. The van der Waals surface area contributed by atoms with Crippen LogP contribution >= 0.6 is 0 Å². The van der Waals surface area contributed by atoms with Crippen LogP contribution in [-0.2, 0) is 4.79 Å². The largest absolute Gasteiger partial charge is 0.409 e. The van der Waals surface area contributed by atoms with Crippen LogP contribution in [0.15, 0.2) is 5.16 Å². The normalized spacial score (nSPS) is 37.3. The lowest BCUT2D eigenvalue weighted by molar-refractivity contribution is -0.124. The molecule has 3 rings (SSSR count). The first-order valence-corrected chi connectivity index (χ1v) is 6.98. The number of nitrogens with two attached hydrogens (primary N) is 1. The van der Waals surface area contributed by atoms with Gasteiger partial charge in [0, 0.05) is 5.92 Å². The van der Waals surface area contributed by atoms with Crippen molar-refractivity contribution in [2.75, 3.05) is 0 Å². The zero-order chi connectivity index (χ0) is 12.8. The minimum atomic E-state index is -0.581. The van der Waals surface area contributed by atoms with Crippen molar-refractivity contribution >= 4 is 11.7 Å². The summed E-state index contributed by atoms with van der Waals surface area (Å²) in [4.78, 5) is 12.3. The average molecular weight is 251 g/mol. The number of amides is 1. The van der Waals surface area contributed by atoms with Crippen LogP contribution in [0.4, 0.5) is 0 Å². The highest BCUT2D eigenvalue weighted by Crippen LogP contribution is 2.57. The highest BCUT2D eigenvalue weighted by Gasteiger charge is 2.57. The number of carbonyl (C=O) groups excluding carboxylic acids is 1. The summed E-state index contributed by atoms with van der Waals surface area (Å²) in [6.45, 7) is 0. The van der Waals surface area contributed by atoms with Crippen molar-refractivity contribution in [3.63, 3.8) is 0 Å². The maximum Gasteiger partial charge on any atom is 0.224 e. The van der Waals surface area contributed by atoms with Gasteiger partial charge in [-0.2, -0.15) is 0 Å². The van der Waals surface area contributed by atoms with Crippen molar-refractivity contribution in [1.29, 1.82) is 0 Å². The van der Waals surface area contributed by atoms with Crippen molar-refractivity contribution < 1.29 is 10.0 Å². The van der Waals surface area contributed by atoms with Crippen LogP contribution in [0.25, 0.3) is 0 Å². The molecule has 0 saturated heterocycles. The van der Waals surface area contributed by atoms with Crippen molar-refractivity contribution in [2.45, 2.75) is 50.5 Å². The molecule has 0 bridgehead atoms. The zero-order valence-corrected chi connectivity index (χ0v) is 10.6. The molecule has 5 heteroatoms. The number of carbonyl (C=O) groups is 1. The van der Waals surface area contributed by atoms with Crippen LogP contribution in [-0.4, -0.2) is 22.5 Å². The van der Waals surface area contributed by atoms with E-state index in [-0.39, 0.29) is 17.7 Å². The number of hydrogen-bond donors (Lipinski definition) is 3. The molecule has 0 aliphatic heterocycles. The van der Waals surface area contributed by atoms with Gasteiger partial charge < -0.3 is 16.3 Å². The number of nitrogens with zero attached hydrogens (tertiary/aromatic N) is 1. The maximum absolute atomic E-state index is 12.3. The first-order valence-electron chi connectivity index (χ1n) is 6.98. The SMILES string of the molecule is NC(=NO)C1(NC(=O)C2C3CCCC32)CCCC1. The summed E-state index contributed by atoms with van der Waals surface area (Å²) >= 11 is 0. The van der Waals surface area contributed by atoms with Crippen LogP contribution in [0.1, 0.15) is 44.9 Å². The lowest BCUT2D eigenvalue weighted by atomic mass is 9.95. The highest BCUT2D eigenvalue weighted by molar-refractivity contribution is 5.95. The van der Waals surface area contributed by atoms with Crippen LogP contribution in [0.5, 0.6) is 0 Å². The Morgan fingerprint density at radius 2 is 1.83 bits per heavy atom. The maximum atomic E-state index is 12.3. The number of oxime groups is 1. The van der Waals surface area contributed by atoms with Gasteiger partial charge in [-0.1, -0.05) is 24.4 Å². The Labute approximate surface area is 107 Å². The standard InChI is InChI=1S/C13H21N3O2/c14-12(16-18)13(6-1-2-7-13)15-11(17)10-8-4-3-5-9(8)10/h8-10,18H,1-7H2,(H2,14,16)(H,15,17). The predicted molar refractivity (Wildman–Crippen MR) is 67.1 cm³/mol. The van der Waals surface area contributed by atoms with Gasteiger partial charge in [-0.05, 0) is 37.5 Å². The van der Waals surface area contributed by atoms with Gasteiger partial charge in [0.1, 0.15) is 5.54 Å². The van der Waals surface area contributed by atoms with Gasteiger partial charge in [0.2, 0.25) is 5.91 Å². The van der Waals surface area contributed by atoms with Gasteiger partial charge in [0.05, 0.1) is 0 Å². The predicted octanol–water partition coefficient (Wildman–Crippen LogP) is 1.21. The zero-order valence-electron chi connectivity index (χ0n) is 10.6. The van der Waals surface area contributed by atoms with Crippen LogP contribution in [0, 0.1) is 17.8 Å². The van der Waals surface area contributed by atoms with Crippen LogP contribution < -0.4 is 11.1 Å². The quantitative estimate of drug-likeness (QED) is 0.305. The summed E-state index contributed by atoms with van der Waals surface area (Å²) in [5, 5.41) is 15.1. The molecule has 0 heterocycles. The summed E-state index contributed by atoms with van der Waals surface area (Å²) in [7, 11) is 0. The summed E-state index contributed by atoms with van der Waals surface area (Å²) in [6, 6.07) is 0. The molecule has 0 radical (unpaired) electrons. The molecular formula is C13H21N3O2. The van der Waals surface area contributed by atoms with Crippen molar-refractivity contribution in [3.05, 3.63) is 0 Å². The van der Waals surface area contributed by atoms with E-state index in [0.29, 0.717) is 11.8 Å². The van der Waals surface area contributed by atoms with E-state index in [1.54, 1.807) is 0 Å². The Kier molecular flexibility index (Phi) is 2.72.